The maximum atomic E-state index is 11.1. The molecular formula is C12H11Br3O3. The van der Waals surface area contributed by atoms with Crippen molar-refractivity contribution in [3.8, 4) is 5.75 Å². The normalized spacial score (nSPS) is 10.0. The van der Waals surface area contributed by atoms with Crippen molar-refractivity contribution in [1.82, 2.24) is 0 Å². The molecule has 3 nitrogen and oxygen atoms in total. The fraction of sp³-hybridized carbons (Fsp3) is 0.250. The van der Waals surface area contributed by atoms with Gasteiger partial charge in [0, 0.05) is 10.0 Å². The fourth-order valence-corrected chi connectivity index (χ4v) is 2.53. The summed E-state index contributed by atoms with van der Waals surface area (Å²) in [5.74, 6) is 0.252. The Kier molecular flexibility index (Phi) is 6.38. The first-order valence-corrected chi connectivity index (χ1v) is 7.40. The van der Waals surface area contributed by atoms with Gasteiger partial charge in [-0.1, -0.05) is 6.58 Å². The molecule has 1 aromatic rings. The average molecular weight is 443 g/mol. The smallest absolute Gasteiger partial charge is 0.333 e. The topological polar surface area (TPSA) is 35.5 Å². The van der Waals surface area contributed by atoms with Crippen LogP contribution < -0.4 is 4.74 Å². The molecule has 0 aliphatic heterocycles. The molecule has 0 spiro atoms. The Morgan fingerprint density at radius 1 is 1.22 bits per heavy atom. The van der Waals surface area contributed by atoms with Crippen LogP contribution in [-0.2, 0) is 9.53 Å². The Bertz CT molecular complexity index is 472. The van der Waals surface area contributed by atoms with Crippen molar-refractivity contribution >= 4 is 53.8 Å². The molecule has 1 rings (SSSR count). The van der Waals surface area contributed by atoms with Crippen LogP contribution in [0.4, 0.5) is 0 Å². The molecule has 0 fully saturated rings. The van der Waals surface area contributed by atoms with E-state index in [2.05, 4.69) is 54.4 Å². The van der Waals surface area contributed by atoms with Gasteiger partial charge in [0.05, 0.1) is 8.95 Å². The third-order valence-electron chi connectivity index (χ3n) is 1.91. The van der Waals surface area contributed by atoms with Crippen LogP contribution in [0.5, 0.6) is 5.75 Å². The summed E-state index contributed by atoms with van der Waals surface area (Å²) >= 11 is 10.2. The van der Waals surface area contributed by atoms with Crippen LogP contribution in [0, 0.1) is 0 Å². The predicted octanol–water partition coefficient (Wildman–Crippen LogP) is 4.47. The summed E-state index contributed by atoms with van der Waals surface area (Å²) in [6, 6.07) is 3.76. The van der Waals surface area contributed by atoms with E-state index < -0.39 is 5.97 Å². The second kappa shape index (κ2) is 7.31. The zero-order chi connectivity index (χ0) is 13.7. The number of benzene rings is 1. The summed E-state index contributed by atoms with van der Waals surface area (Å²) in [4.78, 5) is 11.1. The van der Waals surface area contributed by atoms with E-state index in [1.807, 2.05) is 12.1 Å². The molecule has 98 valence electrons. The van der Waals surface area contributed by atoms with Gasteiger partial charge in [0.1, 0.15) is 19.0 Å². The molecular weight excluding hydrogens is 432 g/mol. The second-order valence-corrected chi connectivity index (χ2v) is 5.94. The van der Waals surface area contributed by atoms with Gasteiger partial charge in [-0.3, -0.25) is 0 Å². The Morgan fingerprint density at radius 3 is 2.44 bits per heavy atom. The highest BCUT2D eigenvalue weighted by Crippen LogP contribution is 2.38. The Morgan fingerprint density at radius 2 is 1.83 bits per heavy atom. The minimum absolute atomic E-state index is 0.178. The maximum absolute atomic E-state index is 11.1. The molecule has 6 heteroatoms. The van der Waals surface area contributed by atoms with Crippen LogP contribution in [0.25, 0.3) is 0 Å². The SMILES string of the molecule is C=C(C)C(=O)OCCOc1c(Br)ccc(Br)c1Br. The van der Waals surface area contributed by atoms with E-state index in [0.717, 1.165) is 13.4 Å². The predicted molar refractivity (Wildman–Crippen MR) is 80.8 cm³/mol. The molecule has 0 aromatic heterocycles. The van der Waals surface area contributed by atoms with Crippen molar-refractivity contribution in [3.63, 3.8) is 0 Å². The van der Waals surface area contributed by atoms with Crippen LogP contribution >= 0.6 is 47.8 Å². The molecule has 0 aliphatic rings. The van der Waals surface area contributed by atoms with Crippen molar-refractivity contribution in [3.05, 3.63) is 37.7 Å². The number of hydrogen-bond donors (Lipinski definition) is 0. The van der Waals surface area contributed by atoms with Gasteiger partial charge in [0.2, 0.25) is 0 Å². The minimum Gasteiger partial charge on any atom is -0.488 e. The van der Waals surface area contributed by atoms with Crippen LogP contribution in [-0.4, -0.2) is 19.2 Å². The molecule has 0 radical (unpaired) electrons. The quantitative estimate of drug-likeness (QED) is 0.292. The van der Waals surface area contributed by atoms with E-state index in [-0.39, 0.29) is 13.2 Å². The molecule has 0 bridgehead atoms. The summed E-state index contributed by atoms with van der Waals surface area (Å²) in [5, 5.41) is 0. The summed E-state index contributed by atoms with van der Waals surface area (Å²) in [5.41, 5.74) is 0.375. The third kappa shape index (κ3) is 4.40. The summed E-state index contributed by atoms with van der Waals surface area (Å²) in [6.07, 6.45) is 0. The van der Waals surface area contributed by atoms with Gasteiger partial charge in [0.25, 0.3) is 0 Å². The monoisotopic (exact) mass is 440 g/mol. The molecule has 0 aliphatic carbocycles. The Labute approximate surface area is 131 Å². The van der Waals surface area contributed by atoms with E-state index in [0.29, 0.717) is 11.3 Å². The lowest BCUT2D eigenvalue weighted by Gasteiger charge is -2.11. The van der Waals surface area contributed by atoms with E-state index in [9.17, 15) is 4.79 Å². The van der Waals surface area contributed by atoms with Crippen LogP contribution in [0.2, 0.25) is 0 Å². The van der Waals surface area contributed by atoms with Gasteiger partial charge in [-0.15, -0.1) is 0 Å². The van der Waals surface area contributed by atoms with E-state index in [4.69, 9.17) is 9.47 Å². The van der Waals surface area contributed by atoms with Gasteiger partial charge >= 0.3 is 5.97 Å². The van der Waals surface area contributed by atoms with Gasteiger partial charge < -0.3 is 9.47 Å². The van der Waals surface area contributed by atoms with E-state index in [1.54, 1.807) is 6.92 Å². The second-order valence-electron chi connectivity index (χ2n) is 3.44. The van der Waals surface area contributed by atoms with Crippen LogP contribution in [0.3, 0.4) is 0 Å². The number of esters is 1. The summed E-state index contributed by atoms with van der Waals surface area (Å²) in [7, 11) is 0. The molecule has 0 saturated heterocycles. The number of carbonyl (C=O) groups is 1. The van der Waals surface area contributed by atoms with Crippen molar-refractivity contribution in [2.75, 3.05) is 13.2 Å². The molecule has 0 saturated carbocycles. The molecule has 0 N–H and O–H groups in total. The third-order valence-corrected chi connectivity index (χ3v) is 4.52. The summed E-state index contributed by atoms with van der Waals surface area (Å²) in [6.45, 7) is 5.55. The Balaban J connectivity index is 2.52. The molecule has 1 aromatic carbocycles. The lowest BCUT2D eigenvalue weighted by molar-refractivity contribution is -0.139. The molecule has 0 heterocycles. The number of carbonyl (C=O) groups excluding carboxylic acids is 1. The van der Waals surface area contributed by atoms with Gasteiger partial charge in [-0.05, 0) is 66.8 Å². The van der Waals surface area contributed by atoms with E-state index >= 15 is 0 Å². The Hall–Kier alpha value is -0.330. The zero-order valence-corrected chi connectivity index (χ0v) is 14.4. The van der Waals surface area contributed by atoms with Crippen LogP contribution in [0.1, 0.15) is 6.92 Å². The highest BCUT2D eigenvalue weighted by molar-refractivity contribution is 9.13. The minimum atomic E-state index is -0.411. The highest BCUT2D eigenvalue weighted by atomic mass is 79.9. The zero-order valence-electron chi connectivity index (χ0n) is 9.63. The van der Waals surface area contributed by atoms with Crippen molar-refractivity contribution < 1.29 is 14.3 Å². The number of ether oxygens (including phenoxy) is 2. The number of halogens is 3. The first-order valence-electron chi connectivity index (χ1n) is 5.02. The largest absolute Gasteiger partial charge is 0.488 e. The fourth-order valence-electron chi connectivity index (χ4n) is 1.04. The molecule has 18 heavy (non-hydrogen) atoms. The molecule has 0 amide bonds. The first-order chi connectivity index (χ1) is 8.43. The number of hydrogen-bond acceptors (Lipinski definition) is 3. The van der Waals surface area contributed by atoms with Crippen molar-refractivity contribution in [2.45, 2.75) is 6.92 Å². The lowest BCUT2D eigenvalue weighted by atomic mass is 10.3. The summed E-state index contributed by atoms with van der Waals surface area (Å²) < 4.78 is 13.0. The van der Waals surface area contributed by atoms with Gasteiger partial charge in [0.15, 0.2) is 0 Å². The lowest BCUT2D eigenvalue weighted by Crippen LogP contribution is -2.12. The number of rotatable bonds is 5. The van der Waals surface area contributed by atoms with Crippen molar-refractivity contribution in [1.29, 1.82) is 0 Å². The standard InChI is InChI=1S/C12H11Br3O3/c1-7(2)12(16)18-6-5-17-11-9(14)4-3-8(13)10(11)15/h3-4H,1,5-6H2,2H3. The van der Waals surface area contributed by atoms with Crippen molar-refractivity contribution in [2.24, 2.45) is 0 Å². The maximum Gasteiger partial charge on any atom is 0.333 e. The first kappa shape index (κ1) is 15.7. The molecule has 0 atom stereocenters. The van der Waals surface area contributed by atoms with E-state index in [1.165, 1.54) is 0 Å². The molecule has 0 unspecified atom stereocenters. The van der Waals surface area contributed by atoms with Gasteiger partial charge in [-0.2, -0.15) is 0 Å². The van der Waals surface area contributed by atoms with Gasteiger partial charge in [-0.25, -0.2) is 4.79 Å². The highest BCUT2D eigenvalue weighted by Gasteiger charge is 2.10. The average Bonchev–Trinajstić information content (AvgIpc) is 2.32. The van der Waals surface area contributed by atoms with Crippen LogP contribution in [0.15, 0.2) is 37.7 Å².